The van der Waals surface area contributed by atoms with Crippen LogP contribution in [0.1, 0.15) is 11.1 Å². The van der Waals surface area contributed by atoms with Crippen molar-refractivity contribution in [1.29, 1.82) is 0 Å². The lowest BCUT2D eigenvalue weighted by molar-refractivity contribution is 0.416. The molecule has 0 aliphatic heterocycles. The number of hydrogen-bond acceptors (Lipinski definition) is 2. The van der Waals surface area contributed by atoms with E-state index < -0.39 is 0 Å². The molecule has 0 heterocycles. The van der Waals surface area contributed by atoms with Crippen molar-refractivity contribution in [3.05, 3.63) is 56.2 Å². The molecule has 106 valence electrons. The standard InChI is InChI=1S/C15H14Br2FNO/c1-9-5-12(17)7-14(20-2)15(9)19-8-10-6-11(16)3-4-13(10)18/h3-7,19H,8H2,1-2H3. The van der Waals surface area contributed by atoms with Gasteiger partial charge in [0.25, 0.3) is 0 Å². The summed E-state index contributed by atoms with van der Waals surface area (Å²) in [5.41, 5.74) is 2.51. The van der Waals surface area contributed by atoms with E-state index in [-0.39, 0.29) is 5.82 Å². The summed E-state index contributed by atoms with van der Waals surface area (Å²) in [6, 6.07) is 8.77. The summed E-state index contributed by atoms with van der Waals surface area (Å²) in [6.07, 6.45) is 0. The van der Waals surface area contributed by atoms with Crippen LogP contribution < -0.4 is 10.1 Å². The van der Waals surface area contributed by atoms with Crippen LogP contribution in [0.5, 0.6) is 5.75 Å². The number of nitrogens with one attached hydrogen (secondary N) is 1. The van der Waals surface area contributed by atoms with Gasteiger partial charge in [0.1, 0.15) is 11.6 Å². The fraction of sp³-hybridized carbons (Fsp3) is 0.200. The summed E-state index contributed by atoms with van der Waals surface area (Å²) in [7, 11) is 1.62. The molecule has 0 unspecified atom stereocenters. The second kappa shape index (κ2) is 6.59. The van der Waals surface area contributed by atoms with Gasteiger partial charge in [0.2, 0.25) is 0 Å². The lowest BCUT2D eigenvalue weighted by atomic mass is 10.1. The highest BCUT2D eigenvalue weighted by molar-refractivity contribution is 9.10. The van der Waals surface area contributed by atoms with Crippen LogP contribution in [-0.2, 0) is 6.54 Å². The second-order valence-electron chi connectivity index (χ2n) is 4.39. The Balaban J connectivity index is 2.25. The van der Waals surface area contributed by atoms with Gasteiger partial charge in [0, 0.05) is 21.1 Å². The highest BCUT2D eigenvalue weighted by Crippen LogP contribution is 2.32. The van der Waals surface area contributed by atoms with E-state index >= 15 is 0 Å². The molecule has 0 bridgehead atoms. The molecule has 0 atom stereocenters. The van der Waals surface area contributed by atoms with E-state index in [1.54, 1.807) is 19.2 Å². The van der Waals surface area contributed by atoms with Gasteiger partial charge in [-0.05, 0) is 42.8 Å². The molecular formula is C15H14Br2FNO. The quantitative estimate of drug-likeness (QED) is 0.751. The minimum absolute atomic E-state index is 0.227. The molecule has 0 aliphatic rings. The molecule has 20 heavy (non-hydrogen) atoms. The summed E-state index contributed by atoms with van der Waals surface area (Å²) in [5.74, 6) is 0.502. The number of benzene rings is 2. The molecule has 0 aromatic heterocycles. The van der Waals surface area contributed by atoms with Gasteiger partial charge in [-0.25, -0.2) is 4.39 Å². The van der Waals surface area contributed by atoms with E-state index in [1.807, 2.05) is 19.1 Å². The minimum Gasteiger partial charge on any atom is -0.495 e. The predicted molar refractivity (Wildman–Crippen MR) is 86.9 cm³/mol. The SMILES string of the molecule is COc1cc(Br)cc(C)c1NCc1cc(Br)ccc1F. The molecule has 5 heteroatoms. The molecule has 0 radical (unpaired) electrons. The van der Waals surface area contributed by atoms with E-state index in [9.17, 15) is 4.39 Å². The van der Waals surface area contributed by atoms with Gasteiger partial charge >= 0.3 is 0 Å². The molecule has 0 aliphatic carbocycles. The summed E-state index contributed by atoms with van der Waals surface area (Å²) in [4.78, 5) is 0. The summed E-state index contributed by atoms with van der Waals surface area (Å²) < 4.78 is 20.9. The second-order valence-corrected chi connectivity index (χ2v) is 6.22. The third-order valence-electron chi connectivity index (χ3n) is 2.95. The third kappa shape index (κ3) is 3.52. The van der Waals surface area contributed by atoms with Crippen LogP contribution in [0.2, 0.25) is 0 Å². The van der Waals surface area contributed by atoms with Crippen molar-refractivity contribution >= 4 is 37.5 Å². The average Bonchev–Trinajstić information content (AvgIpc) is 2.40. The topological polar surface area (TPSA) is 21.3 Å². The zero-order chi connectivity index (χ0) is 14.7. The van der Waals surface area contributed by atoms with Gasteiger partial charge in [0.05, 0.1) is 12.8 Å². The molecular weight excluding hydrogens is 389 g/mol. The van der Waals surface area contributed by atoms with Gasteiger partial charge < -0.3 is 10.1 Å². The molecule has 0 fully saturated rings. The Morgan fingerprint density at radius 1 is 1.15 bits per heavy atom. The predicted octanol–water partition coefficient (Wildman–Crippen LogP) is 5.28. The van der Waals surface area contributed by atoms with Gasteiger partial charge in [0.15, 0.2) is 0 Å². The molecule has 2 nitrogen and oxygen atoms in total. The Morgan fingerprint density at radius 3 is 2.60 bits per heavy atom. The monoisotopic (exact) mass is 401 g/mol. The highest BCUT2D eigenvalue weighted by Gasteiger charge is 2.09. The number of anilines is 1. The minimum atomic E-state index is -0.227. The zero-order valence-electron chi connectivity index (χ0n) is 11.1. The van der Waals surface area contributed by atoms with E-state index in [1.165, 1.54) is 6.07 Å². The fourth-order valence-electron chi connectivity index (χ4n) is 1.96. The van der Waals surface area contributed by atoms with Crippen molar-refractivity contribution in [2.75, 3.05) is 12.4 Å². The molecule has 0 spiro atoms. The molecule has 2 aromatic rings. The number of hydrogen-bond donors (Lipinski definition) is 1. The summed E-state index contributed by atoms with van der Waals surface area (Å²) in [5, 5.41) is 3.24. The fourth-order valence-corrected chi connectivity index (χ4v) is 2.92. The van der Waals surface area contributed by atoms with Gasteiger partial charge in [-0.1, -0.05) is 31.9 Å². The Kier molecular flexibility index (Phi) is 5.05. The van der Waals surface area contributed by atoms with Crippen molar-refractivity contribution in [2.45, 2.75) is 13.5 Å². The van der Waals surface area contributed by atoms with E-state index in [2.05, 4.69) is 37.2 Å². The van der Waals surface area contributed by atoms with Crippen LogP contribution in [0.4, 0.5) is 10.1 Å². The molecule has 2 rings (SSSR count). The van der Waals surface area contributed by atoms with Gasteiger partial charge in [-0.15, -0.1) is 0 Å². The smallest absolute Gasteiger partial charge is 0.143 e. The summed E-state index contributed by atoms with van der Waals surface area (Å²) >= 11 is 6.78. The number of rotatable bonds is 4. The van der Waals surface area contributed by atoms with Gasteiger partial charge in [-0.2, -0.15) is 0 Å². The number of methoxy groups -OCH3 is 1. The molecule has 0 amide bonds. The van der Waals surface area contributed by atoms with Crippen LogP contribution in [0.3, 0.4) is 0 Å². The van der Waals surface area contributed by atoms with Gasteiger partial charge in [-0.3, -0.25) is 0 Å². The molecule has 1 N–H and O–H groups in total. The Labute approximate surface area is 134 Å². The first-order chi connectivity index (χ1) is 9.51. The maximum atomic E-state index is 13.7. The lowest BCUT2D eigenvalue weighted by Gasteiger charge is -2.15. The average molecular weight is 403 g/mol. The first-order valence-corrected chi connectivity index (χ1v) is 7.62. The van der Waals surface area contributed by atoms with E-state index in [0.717, 1.165) is 25.9 Å². The van der Waals surface area contributed by atoms with Crippen molar-refractivity contribution in [3.63, 3.8) is 0 Å². The highest BCUT2D eigenvalue weighted by atomic mass is 79.9. The van der Waals surface area contributed by atoms with Crippen LogP contribution in [-0.4, -0.2) is 7.11 Å². The molecule has 0 saturated heterocycles. The Hall–Kier alpha value is -1.07. The van der Waals surface area contributed by atoms with Crippen LogP contribution in [0.25, 0.3) is 0 Å². The zero-order valence-corrected chi connectivity index (χ0v) is 14.3. The van der Waals surface area contributed by atoms with Crippen molar-refractivity contribution in [2.24, 2.45) is 0 Å². The van der Waals surface area contributed by atoms with Crippen molar-refractivity contribution in [3.8, 4) is 5.75 Å². The number of aryl methyl sites for hydroxylation is 1. The van der Waals surface area contributed by atoms with Crippen LogP contribution in [0, 0.1) is 12.7 Å². The van der Waals surface area contributed by atoms with Crippen LogP contribution in [0.15, 0.2) is 39.3 Å². The maximum absolute atomic E-state index is 13.7. The van der Waals surface area contributed by atoms with E-state index in [4.69, 9.17) is 4.74 Å². The number of ether oxygens (including phenoxy) is 1. The van der Waals surface area contributed by atoms with Crippen LogP contribution >= 0.6 is 31.9 Å². The molecule has 2 aromatic carbocycles. The van der Waals surface area contributed by atoms with Crippen molar-refractivity contribution < 1.29 is 9.13 Å². The van der Waals surface area contributed by atoms with E-state index in [0.29, 0.717) is 12.1 Å². The third-order valence-corrected chi connectivity index (χ3v) is 3.90. The lowest BCUT2D eigenvalue weighted by Crippen LogP contribution is -2.05. The first kappa shape index (κ1) is 15.3. The number of halogens is 3. The Morgan fingerprint density at radius 2 is 1.90 bits per heavy atom. The largest absolute Gasteiger partial charge is 0.495 e. The maximum Gasteiger partial charge on any atom is 0.143 e. The summed E-state index contributed by atoms with van der Waals surface area (Å²) in [6.45, 7) is 2.37. The molecule has 0 saturated carbocycles. The Bertz CT molecular complexity index is 632. The first-order valence-electron chi connectivity index (χ1n) is 6.03. The van der Waals surface area contributed by atoms with Crippen molar-refractivity contribution in [1.82, 2.24) is 0 Å². The normalized spacial score (nSPS) is 10.4.